The van der Waals surface area contributed by atoms with Crippen LogP contribution in [0.2, 0.25) is 0 Å². The minimum absolute atomic E-state index is 0. The van der Waals surface area contributed by atoms with Gasteiger partial charge in [0.05, 0.1) is 22.1 Å². The quantitative estimate of drug-likeness (QED) is 0.126. The number of carboxylic acids is 2. The first-order valence-corrected chi connectivity index (χ1v) is 12.6. The van der Waals surface area contributed by atoms with Crippen LogP contribution in [0, 0.1) is 27.7 Å². The molecular formula is C32H32N4O4Pd2. The van der Waals surface area contributed by atoms with Gasteiger partial charge in [0.2, 0.25) is 0 Å². The molecule has 0 amide bonds. The molecule has 4 heterocycles. The SMILES string of the molecule is CC(=O)O.CC(=O)O.Cc1ccc2ccc3ccc(C)nc3c2n1.Cc1ccc2ccc3ccc(C)nc3c2n1.[Pd].[Pd]. The Morgan fingerprint density at radius 2 is 0.571 bits per heavy atom. The van der Waals surface area contributed by atoms with Crippen LogP contribution in [-0.2, 0) is 50.4 Å². The summed E-state index contributed by atoms with van der Waals surface area (Å²) in [7, 11) is 0. The summed E-state index contributed by atoms with van der Waals surface area (Å²) in [6.07, 6.45) is 0. The minimum Gasteiger partial charge on any atom is -0.481 e. The van der Waals surface area contributed by atoms with Crippen LogP contribution in [0.5, 0.6) is 0 Å². The minimum atomic E-state index is -0.833. The zero-order chi connectivity index (χ0) is 29.4. The molecule has 6 rings (SSSR count). The van der Waals surface area contributed by atoms with Gasteiger partial charge >= 0.3 is 0 Å². The summed E-state index contributed by atoms with van der Waals surface area (Å²) in [5.41, 5.74) is 8.13. The number of aromatic nitrogens is 4. The third kappa shape index (κ3) is 10.3. The molecule has 0 aliphatic carbocycles. The first-order chi connectivity index (χ1) is 18.9. The normalized spacial score (nSPS) is 9.67. The van der Waals surface area contributed by atoms with Gasteiger partial charge in [0, 0.05) is 99.0 Å². The van der Waals surface area contributed by atoms with Gasteiger partial charge in [0.1, 0.15) is 0 Å². The summed E-state index contributed by atoms with van der Waals surface area (Å²) >= 11 is 0. The molecule has 0 aliphatic rings. The second kappa shape index (κ2) is 16.7. The number of benzene rings is 2. The predicted octanol–water partition coefficient (Wildman–Crippen LogP) is 6.98. The number of hydrogen-bond acceptors (Lipinski definition) is 6. The van der Waals surface area contributed by atoms with Crippen LogP contribution in [-0.4, -0.2) is 42.1 Å². The maximum absolute atomic E-state index is 9.00. The molecule has 0 saturated carbocycles. The number of pyridine rings is 4. The molecule has 224 valence electrons. The number of aliphatic carboxylic acids is 2. The van der Waals surface area contributed by atoms with E-state index in [0.29, 0.717) is 0 Å². The molecule has 6 aromatic rings. The summed E-state index contributed by atoms with van der Waals surface area (Å²) < 4.78 is 0. The largest absolute Gasteiger partial charge is 0.481 e. The second-order valence-electron chi connectivity index (χ2n) is 9.27. The van der Waals surface area contributed by atoms with Gasteiger partial charge in [0.25, 0.3) is 11.9 Å². The molecule has 2 aromatic carbocycles. The Balaban J connectivity index is 0.000000324. The molecule has 0 fully saturated rings. The second-order valence-corrected chi connectivity index (χ2v) is 9.27. The molecule has 0 unspecified atom stereocenters. The van der Waals surface area contributed by atoms with E-state index in [4.69, 9.17) is 19.8 Å². The summed E-state index contributed by atoms with van der Waals surface area (Å²) in [4.78, 5) is 36.3. The zero-order valence-corrected chi connectivity index (χ0v) is 27.2. The van der Waals surface area contributed by atoms with Crippen LogP contribution >= 0.6 is 0 Å². The van der Waals surface area contributed by atoms with E-state index in [1.807, 2.05) is 52.0 Å². The van der Waals surface area contributed by atoms with Gasteiger partial charge in [-0.25, -0.2) is 0 Å². The topological polar surface area (TPSA) is 126 Å². The van der Waals surface area contributed by atoms with Crippen LogP contribution in [0.3, 0.4) is 0 Å². The van der Waals surface area contributed by atoms with Gasteiger partial charge < -0.3 is 10.2 Å². The summed E-state index contributed by atoms with van der Waals surface area (Å²) in [6, 6.07) is 24.9. The number of carbonyl (C=O) groups is 2. The van der Waals surface area contributed by atoms with E-state index in [2.05, 4.69) is 68.5 Å². The smallest absolute Gasteiger partial charge is 0.300 e. The van der Waals surface area contributed by atoms with E-state index >= 15 is 0 Å². The Bertz CT molecular complexity index is 1580. The van der Waals surface area contributed by atoms with E-state index in [1.165, 1.54) is 0 Å². The number of aryl methyl sites for hydroxylation is 4. The van der Waals surface area contributed by atoms with Crippen molar-refractivity contribution in [2.45, 2.75) is 41.5 Å². The standard InChI is InChI=1S/2C14H12N2.2C2H4O2.2Pd/c2*1-9-3-5-11-7-8-12-6-4-10(2)16-14(12)13(11)15-9;2*1-2(3)4;;/h2*3-8H,1-2H3;2*1H3,(H,3,4);;. The van der Waals surface area contributed by atoms with Gasteiger partial charge in [-0.1, -0.05) is 48.5 Å². The Labute approximate surface area is 272 Å². The molecule has 4 aromatic heterocycles. The summed E-state index contributed by atoms with van der Waals surface area (Å²) in [6.45, 7) is 10.2. The molecule has 8 nitrogen and oxygen atoms in total. The first-order valence-electron chi connectivity index (χ1n) is 12.6. The van der Waals surface area contributed by atoms with E-state index in [1.54, 1.807) is 0 Å². The Kier molecular flexibility index (Phi) is 14.5. The van der Waals surface area contributed by atoms with Crippen molar-refractivity contribution >= 4 is 55.6 Å². The van der Waals surface area contributed by atoms with Crippen molar-refractivity contribution in [1.82, 2.24) is 19.9 Å². The van der Waals surface area contributed by atoms with Crippen molar-refractivity contribution in [2.75, 3.05) is 0 Å². The Morgan fingerprint density at radius 3 is 0.738 bits per heavy atom. The first kappa shape index (κ1) is 36.4. The van der Waals surface area contributed by atoms with Gasteiger partial charge in [0.15, 0.2) is 0 Å². The molecule has 10 heteroatoms. The van der Waals surface area contributed by atoms with Crippen molar-refractivity contribution < 1.29 is 60.6 Å². The van der Waals surface area contributed by atoms with Crippen molar-refractivity contribution in [3.63, 3.8) is 0 Å². The van der Waals surface area contributed by atoms with Gasteiger partial charge in [-0.3, -0.25) is 29.5 Å². The molecule has 0 spiro atoms. The monoisotopic (exact) mass is 748 g/mol. The Hall–Kier alpha value is -3.66. The van der Waals surface area contributed by atoms with E-state index in [0.717, 1.165) is 80.2 Å². The molecule has 0 atom stereocenters. The number of fused-ring (bicyclic) bond motifs is 6. The molecule has 42 heavy (non-hydrogen) atoms. The van der Waals surface area contributed by atoms with Crippen LogP contribution in [0.4, 0.5) is 0 Å². The van der Waals surface area contributed by atoms with E-state index in [-0.39, 0.29) is 40.8 Å². The van der Waals surface area contributed by atoms with Gasteiger partial charge in [-0.15, -0.1) is 0 Å². The number of rotatable bonds is 0. The fourth-order valence-corrected chi connectivity index (χ4v) is 3.93. The van der Waals surface area contributed by atoms with E-state index in [9.17, 15) is 0 Å². The van der Waals surface area contributed by atoms with Crippen LogP contribution in [0.15, 0.2) is 72.8 Å². The zero-order valence-electron chi connectivity index (χ0n) is 24.1. The van der Waals surface area contributed by atoms with Crippen molar-refractivity contribution in [3.05, 3.63) is 95.6 Å². The van der Waals surface area contributed by atoms with Crippen LogP contribution in [0.1, 0.15) is 36.6 Å². The summed E-state index contributed by atoms with van der Waals surface area (Å²) in [5, 5.41) is 19.4. The molecular weight excluding hydrogens is 717 g/mol. The van der Waals surface area contributed by atoms with Crippen molar-refractivity contribution in [2.24, 2.45) is 0 Å². The van der Waals surface area contributed by atoms with Gasteiger partial charge in [-0.2, -0.15) is 0 Å². The maximum Gasteiger partial charge on any atom is 0.300 e. The van der Waals surface area contributed by atoms with E-state index < -0.39 is 11.9 Å². The number of hydrogen-bond donors (Lipinski definition) is 2. The average Bonchev–Trinajstić information content (AvgIpc) is 2.88. The Morgan fingerprint density at radius 1 is 0.429 bits per heavy atom. The fourth-order valence-electron chi connectivity index (χ4n) is 3.93. The molecule has 0 radical (unpaired) electrons. The van der Waals surface area contributed by atoms with Crippen LogP contribution < -0.4 is 0 Å². The van der Waals surface area contributed by atoms with Gasteiger partial charge in [-0.05, 0) is 52.0 Å². The molecule has 2 N–H and O–H groups in total. The number of carboxylic acid groups (broad SMARTS) is 2. The summed E-state index contributed by atoms with van der Waals surface area (Å²) in [5.74, 6) is -1.67. The predicted molar refractivity (Wildman–Crippen MR) is 160 cm³/mol. The average molecular weight is 749 g/mol. The third-order valence-electron chi connectivity index (χ3n) is 5.60. The molecule has 0 bridgehead atoms. The van der Waals surface area contributed by atoms with Crippen molar-refractivity contribution in [3.8, 4) is 0 Å². The van der Waals surface area contributed by atoms with Crippen LogP contribution in [0.25, 0.3) is 43.6 Å². The fraction of sp³-hybridized carbons (Fsp3) is 0.188. The molecule has 0 saturated heterocycles. The molecule has 0 aliphatic heterocycles. The van der Waals surface area contributed by atoms with Crippen molar-refractivity contribution in [1.29, 1.82) is 0 Å². The third-order valence-corrected chi connectivity index (χ3v) is 5.60. The maximum atomic E-state index is 9.00. The number of nitrogens with zero attached hydrogens (tertiary/aromatic N) is 4.